The third kappa shape index (κ3) is 4.08. The van der Waals surface area contributed by atoms with Crippen molar-refractivity contribution in [3.63, 3.8) is 0 Å². The van der Waals surface area contributed by atoms with Gasteiger partial charge in [-0.05, 0) is 47.3 Å². The lowest BCUT2D eigenvalue weighted by atomic mass is 9.93. The summed E-state index contributed by atoms with van der Waals surface area (Å²) in [5.41, 5.74) is 8.29. The largest absolute Gasteiger partial charge is 0.455 e. The molecule has 0 atom stereocenters. The molecule has 0 radical (unpaired) electrons. The Morgan fingerprint density at radius 3 is 1.81 bits per heavy atom. The summed E-state index contributed by atoms with van der Waals surface area (Å²) in [5, 5.41) is 4.57. The molecule has 0 N–H and O–H groups in total. The molecule has 9 aromatic rings. The van der Waals surface area contributed by atoms with Crippen molar-refractivity contribution in [2.45, 2.75) is 0 Å². The third-order valence-corrected chi connectivity index (χ3v) is 9.22. The number of hydrogen-bond acceptors (Lipinski definition) is 4. The fourth-order valence-electron chi connectivity index (χ4n) is 7.07. The highest BCUT2D eigenvalue weighted by Gasteiger charge is 2.25. The second kappa shape index (κ2) is 10.5. The van der Waals surface area contributed by atoms with Gasteiger partial charge in [-0.15, -0.1) is 0 Å². The quantitative estimate of drug-likeness (QED) is 0.198. The molecule has 1 aliphatic heterocycles. The molecule has 0 spiro atoms. The van der Waals surface area contributed by atoms with Crippen LogP contribution in [-0.2, 0) is 0 Å². The molecule has 0 saturated heterocycles. The zero-order valence-corrected chi connectivity index (χ0v) is 25.7. The minimum atomic E-state index is 0.621. The number of ether oxygens (including phenoxy) is 1. The van der Waals surface area contributed by atoms with Gasteiger partial charge in [-0.2, -0.15) is 0 Å². The van der Waals surface area contributed by atoms with Crippen LogP contribution in [0.1, 0.15) is 0 Å². The molecule has 3 heterocycles. The van der Waals surface area contributed by atoms with Crippen LogP contribution in [0.4, 0.5) is 0 Å². The Kier molecular flexibility index (Phi) is 5.81. The standard InChI is InChI=1S/C43H26N4O/c1-3-12-28(13-4-1)41-44-42(29-14-5-2-6-15-29)46-43(45-41)30-18-9-19-31(26-30)47-35-22-8-7-20-34(35)39-36(47)25-24-33-32-21-10-16-27-17-11-23-37(38(27)32)48-40(33)39/h1-26H. The number of hydrogen-bond donors (Lipinski definition) is 0. The molecular formula is C43H26N4O. The van der Waals surface area contributed by atoms with Crippen LogP contribution in [-0.4, -0.2) is 19.5 Å². The lowest BCUT2D eigenvalue weighted by molar-refractivity contribution is 0.493. The van der Waals surface area contributed by atoms with Crippen molar-refractivity contribution in [1.82, 2.24) is 19.5 Å². The van der Waals surface area contributed by atoms with Gasteiger partial charge in [0.2, 0.25) is 0 Å². The van der Waals surface area contributed by atoms with Gasteiger partial charge in [0, 0.05) is 38.7 Å². The summed E-state index contributed by atoms with van der Waals surface area (Å²) in [5.74, 6) is 3.68. The maximum absolute atomic E-state index is 6.78. The molecule has 224 valence electrons. The second-order valence-corrected chi connectivity index (χ2v) is 12.0. The molecule has 5 heteroatoms. The molecule has 1 aliphatic rings. The van der Waals surface area contributed by atoms with E-state index in [2.05, 4.69) is 102 Å². The summed E-state index contributed by atoms with van der Waals surface area (Å²) in [6, 6.07) is 54.3. The predicted molar refractivity (Wildman–Crippen MR) is 193 cm³/mol. The molecule has 0 unspecified atom stereocenters. The third-order valence-electron chi connectivity index (χ3n) is 9.22. The number of para-hydroxylation sites is 1. The smallest absolute Gasteiger partial charge is 0.164 e. The van der Waals surface area contributed by atoms with Crippen molar-refractivity contribution in [3.8, 4) is 62.5 Å². The van der Waals surface area contributed by atoms with Crippen LogP contribution < -0.4 is 4.74 Å². The van der Waals surface area contributed by atoms with Crippen LogP contribution in [0.15, 0.2) is 158 Å². The fraction of sp³-hybridized carbons (Fsp3) is 0. The van der Waals surface area contributed by atoms with Crippen LogP contribution in [0.2, 0.25) is 0 Å². The van der Waals surface area contributed by atoms with Gasteiger partial charge in [-0.25, -0.2) is 15.0 Å². The number of nitrogens with zero attached hydrogens (tertiary/aromatic N) is 4. The molecule has 5 nitrogen and oxygen atoms in total. The van der Waals surface area contributed by atoms with Gasteiger partial charge in [0.1, 0.15) is 11.5 Å². The van der Waals surface area contributed by atoms with Crippen molar-refractivity contribution in [1.29, 1.82) is 0 Å². The first-order chi connectivity index (χ1) is 23.8. The average Bonchev–Trinajstić information content (AvgIpc) is 3.51. The molecule has 10 rings (SSSR count). The van der Waals surface area contributed by atoms with Crippen LogP contribution in [0, 0.1) is 0 Å². The van der Waals surface area contributed by atoms with E-state index in [1.807, 2.05) is 60.7 Å². The number of fused-ring (bicyclic) bond motifs is 6. The predicted octanol–water partition coefficient (Wildman–Crippen LogP) is 10.9. The van der Waals surface area contributed by atoms with E-state index in [1.165, 1.54) is 10.9 Å². The highest BCUT2D eigenvalue weighted by atomic mass is 16.5. The van der Waals surface area contributed by atoms with E-state index in [1.54, 1.807) is 0 Å². The normalized spacial score (nSPS) is 11.9. The summed E-state index contributed by atoms with van der Waals surface area (Å²) < 4.78 is 9.10. The summed E-state index contributed by atoms with van der Waals surface area (Å²) in [7, 11) is 0. The highest BCUT2D eigenvalue weighted by Crippen LogP contribution is 2.51. The van der Waals surface area contributed by atoms with E-state index in [4.69, 9.17) is 19.7 Å². The Labute approximate surface area is 276 Å². The van der Waals surface area contributed by atoms with Gasteiger partial charge >= 0.3 is 0 Å². The first-order valence-corrected chi connectivity index (χ1v) is 16.0. The van der Waals surface area contributed by atoms with Crippen molar-refractivity contribution >= 4 is 32.6 Å². The Hall–Kier alpha value is -6.59. The average molecular weight is 615 g/mol. The van der Waals surface area contributed by atoms with Crippen molar-refractivity contribution < 1.29 is 4.74 Å². The fourth-order valence-corrected chi connectivity index (χ4v) is 7.07. The van der Waals surface area contributed by atoms with Gasteiger partial charge < -0.3 is 9.30 Å². The highest BCUT2D eigenvalue weighted by molar-refractivity contribution is 6.17. The topological polar surface area (TPSA) is 52.8 Å². The van der Waals surface area contributed by atoms with E-state index in [0.29, 0.717) is 17.5 Å². The van der Waals surface area contributed by atoms with Gasteiger partial charge in [0.25, 0.3) is 0 Å². The van der Waals surface area contributed by atoms with E-state index < -0.39 is 0 Å². The van der Waals surface area contributed by atoms with E-state index in [9.17, 15) is 0 Å². The molecule has 2 aromatic heterocycles. The zero-order valence-electron chi connectivity index (χ0n) is 25.7. The molecule has 0 saturated carbocycles. The van der Waals surface area contributed by atoms with E-state index >= 15 is 0 Å². The monoisotopic (exact) mass is 614 g/mol. The first-order valence-electron chi connectivity index (χ1n) is 16.0. The molecule has 0 bridgehead atoms. The lowest BCUT2D eigenvalue weighted by Crippen LogP contribution is -2.01. The summed E-state index contributed by atoms with van der Waals surface area (Å²) in [6.07, 6.45) is 0. The summed E-state index contributed by atoms with van der Waals surface area (Å²) >= 11 is 0. The van der Waals surface area contributed by atoms with Gasteiger partial charge in [0.15, 0.2) is 17.5 Å². The van der Waals surface area contributed by atoms with Crippen LogP contribution in [0.25, 0.3) is 83.6 Å². The number of benzene rings is 7. The van der Waals surface area contributed by atoms with Gasteiger partial charge in [0.05, 0.1) is 16.4 Å². The number of aromatic nitrogens is 4. The zero-order chi connectivity index (χ0) is 31.6. The Morgan fingerprint density at radius 1 is 0.438 bits per heavy atom. The van der Waals surface area contributed by atoms with Crippen LogP contribution in [0.5, 0.6) is 11.5 Å². The molecule has 7 aromatic carbocycles. The molecule has 0 fully saturated rings. The minimum absolute atomic E-state index is 0.621. The first kappa shape index (κ1) is 26.6. The SMILES string of the molecule is c1ccc(-c2nc(-c3ccccc3)nc(-c3cccc(-n4c5ccccc5c5c6c(ccc54)-c4cccc5cccc(c45)O6)c3)n2)cc1. The van der Waals surface area contributed by atoms with Gasteiger partial charge in [-0.3, -0.25) is 0 Å². The maximum atomic E-state index is 6.78. The van der Waals surface area contributed by atoms with Crippen molar-refractivity contribution in [2.24, 2.45) is 0 Å². The Bertz CT molecular complexity index is 2630. The van der Waals surface area contributed by atoms with E-state index in [-0.39, 0.29) is 0 Å². The molecule has 48 heavy (non-hydrogen) atoms. The second-order valence-electron chi connectivity index (χ2n) is 12.0. The summed E-state index contributed by atoms with van der Waals surface area (Å²) in [4.78, 5) is 14.9. The maximum Gasteiger partial charge on any atom is 0.164 e. The Balaban J connectivity index is 1.18. The lowest BCUT2D eigenvalue weighted by Gasteiger charge is -2.22. The van der Waals surface area contributed by atoms with Crippen LogP contribution >= 0.6 is 0 Å². The summed E-state index contributed by atoms with van der Waals surface area (Å²) in [6.45, 7) is 0. The molecule has 0 aliphatic carbocycles. The molecular weight excluding hydrogens is 589 g/mol. The minimum Gasteiger partial charge on any atom is -0.455 e. The Morgan fingerprint density at radius 2 is 1.06 bits per heavy atom. The van der Waals surface area contributed by atoms with Gasteiger partial charge in [-0.1, -0.05) is 121 Å². The van der Waals surface area contributed by atoms with Crippen molar-refractivity contribution in [2.75, 3.05) is 0 Å². The van der Waals surface area contributed by atoms with E-state index in [0.717, 1.165) is 66.6 Å². The molecule has 0 amide bonds. The van der Waals surface area contributed by atoms with Crippen molar-refractivity contribution in [3.05, 3.63) is 158 Å². The van der Waals surface area contributed by atoms with Crippen LogP contribution in [0.3, 0.4) is 0 Å². The number of rotatable bonds is 4.